The van der Waals surface area contributed by atoms with Gasteiger partial charge >= 0.3 is 36.3 Å². The van der Waals surface area contributed by atoms with Crippen LogP contribution in [0.4, 0.5) is 70.2 Å². The number of allylic oxidation sites excluding steroid dienone is 2. The van der Waals surface area contributed by atoms with Crippen molar-refractivity contribution in [2.45, 2.75) is 42.0 Å². The molecule has 0 aromatic carbocycles. The van der Waals surface area contributed by atoms with Crippen molar-refractivity contribution in [3.8, 4) is 0 Å². The van der Waals surface area contributed by atoms with Crippen molar-refractivity contribution in [1.82, 2.24) is 0 Å². The lowest BCUT2D eigenvalue weighted by Gasteiger charge is -2.40. The minimum absolute atomic E-state index is 2.00. The molecule has 0 amide bonds. The van der Waals surface area contributed by atoms with Crippen molar-refractivity contribution in [3.63, 3.8) is 0 Å². The molecule has 1 unspecified atom stereocenters. The van der Waals surface area contributed by atoms with Crippen LogP contribution in [0.2, 0.25) is 0 Å². The summed E-state index contributed by atoms with van der Waals surface area (Å²) in [5, 5.41) is 0. The smallest absolute Gasteiger partial charge is 0.222 e. The second-order valence-electron chi connectivity index (χ2n) is 4.31. The van der Waals surface area contributed by atoms with Gasteiger partial charge in [-0.3, -0.25) is 0 Å². The first-order valence-corrected chi connectivity index (χ1v) is 5.18. The molecule has 150 valence electrons. The van der Waals surface area contributed by atoms with Gasteiger partial charge in [-0.05, 0) is 6.08 Å². The molecule has 0 N–H and O–H groups in total. The standard InChI is InChI=1S/C9H2F16/c10-3(8(20,21)22,1-2-4(11,12)13)5(14,15)6(16,17)7(18,19)9(23,24)25/h1-2H. The Morgan fingerprint density at radius 1 is 0.360 bits per heavy atom. The minimum Gasteiger partial charge on any atom is -0.222 e. The van der Waals surface area contributed by atoms with Crippen LogP contribution in [0.25, 0.3) is 0 Å². The number of alkyl halides is 16. The zero-order chi connectivity index (χ0) is 20.9. The molecule has 16 heteroatoms. The fourth-order valence-corrected chi connectivity index (χ4v) is 1.19. The van der Waals surface area contributed by atoms with Crippen LogP contribution in [-0.4, -0.2) is 42.0 Å². The maximum absolute atomic E-state index is 13.4. The molecule has 0 fully saturated rings. The summed E-state index contributed by atoms with van der Waals surface area (Å²) in [6.45, 7) is 0. The Morgan fingerprint density at radius 3 is 0.960 bits per heavy atom. The van der Waals surface area contributed by atoms with E-state index in [0.29, 0.717) is 0 Å². The van der Waals surface area contributed by atoms with Crippen molar-refractivity contribution in [2.24, 2.45) is 0 Å². The van der Waals surface area contributed by atoms with Crippen molar-refractivity contribution in [2.75, 3.05) is 0 Å². The number of halogens is 16. The summed E-state index contributed by atoms with van der Waals surface area (Å²) in [6.07, 6.45) is -25.4. The molecule has 0 spiro atoms. The second-order valence-corrected chi connectivity index (χ2v) is 4.31. The van der Waals surface area contributed by atoms with Crippen molar-refractivity contribution >= 4 is 0 Å². The highest BCUT2D eigenvalue weighted by molar-refractivity contribution is 5.21. The molecule has 25 heavy (non-hydrogen) atoms. The average Bonchev–Trinajstić information content (AvgIpc) is 2.31. The van der Waals surface area contributed by atoms with E-state index in [1.165, 1.54) is 0 Å². The first-order chi connectivity index (χ1) is 10.5. The highest BCUT2D eigenvalue weighted by Crippen LogP contribution is 2.60. The fourth-order valence-electron chi connectivity index (χ4n) is 1.19. The van der Waals surface area contributed by atoms with Crippen LogP contribution in [0.15, 0.2) is 12.2 Å². The number of hydrogen-bond donors (Lipinski definition) is 0. The van der Waals surface area contributed by atoms with Gasteiger partial charge in [0, 0.05) is 6.08 Å². The molecule has 0 bridgehead atoms. The summed E-state index contributed by atoms with van der Waals surface area (Å²) in [7, 11) is 0. The van der Waals surface area contributed by atoms with Gasteiger partial charge in [-0.1, -0.05) is 0 Å². The highest BCUT2D eigenvalue weighted by atomic mass is 19.4. The molecular weight excluding hydrogens is 412 g/mol. The molecular formula is C9H2F16. The molecule has 0 aromatic heterocycles. The fraction of sp³-hybridized carbons (Fsp3) is 0.778. The Bertz CT molecular complexity index is 501. The number of hydrogen-bond acceptors (Lipinski definition) is 0. The molecule has 0 aliphatic rings. The topological polar surface area (TPSA) is 0 Å². The lowest BCUT2D eigenvalue weighted by Crippen LogP contribution is -2.70. The average molecular weight is 414 g/mol. The molecule has 0 rings (SSSR count). The Kier molecular flexibility index (Phi) is 5.50. The Hall–Kier alpha value is -1.38. The summed E-state index contributed by atoms with van der Waals surface area (Å²) in [4.78, 5) is 0. The van der Waals surface area contributed by atoms with Gasteiger partial charge in [0.05, 0.1) is 0 Å². The van der Waals surface area contributed by atoms with Gasteiger partial charge in [0.1, 0.15) is 0 Å². The monoisotopic (exact) mass is 414 g/mol. The summed E-state index contributed by atoms with van der Waals surface area (Å²) < 4.78 is 197. The van der Waals surface area contributed by atoms with E-state index < -0.39 is 54.1 Å². The Labute approximate surface area is 126 Å². The van der Waals surface area contributed by atoms with Gasteiger partial charge < -0.3 is 0 Å². The van der Waals surface area contributed by atoms with E-state index in [4.69, 9.17) is 0 Å². The molecule has 0 heterocycles. The Balaban J connectivity index is 6.60. The van der Waals surface area contributed by atoms with E-state index in [-0.39, 0.29) is 0 Å². The van der Waals surface area contributed by atoms with Crippen LogP contribution in [0.5, 0.6) is 0 Å². The van der Waals surface area contributed by atoms with Gasteiger partial charge in [-0.15, -0.1) is 0 Å². The first-order valence-electron chi connectivity index (χ1n) is 5.18. The van der Waals surface area contributed by atoms with E-state index in [2.05, 4.69) is 0 Å². The summed E-state index contributed by atoms with van der Waals surface area (Å²) in [5.41, 5.74) is -7.21. The highest BCUT2D eigenvalue weighted by Gasteiger charge is 2.89. The van der Waals surface area contributed by atoms with E-state index in [9.17, 15) is 70.2 Å². The van der Waals surface area contributed by atoms with E-state index >= 15 is 0 Å². The zero-order valence-electron chi connectivity index (χ0n) is 10.7. The van der Waals surface area contributed by atoms with Gasteiger partial charge in [0.25, 0.3) is 5.67 Å². The van der Waals surface area contributed by atoms with Crippen LogP contribution in [0, 0.1) is 0 Å². The maximum atomic E-state index is 13.4. The maximum Gasteiger partial charge on any atom is 0.460 e. The van der Waals surface area contributed by atoms with E-state index in [1.54, 1.807) is 0 Å². The Morgan fingerprint density at radius 2 is 0.720 bits per heavy atom. The lowest BCUT2D eigenvalue weighted by atomic mass is 9.87. The molecule has 0 radical (unpaired) electrons. The van der Waals surface area contributed by atoms with Crippen LogP contribution in [0.3, 0.4) is 0 Å². The van der Waals surface area contributed by atoms with Crippen molar-refractivity contribution in [3.05, 3.63) is 12.2 Å². The normalized spacial score (nSPS) is 18.6. The third-order valence-corrected chi connectivity index (χ3v) is 2.52. The van der Waals surface area contributed by atoms with Gasteiger partial charge in [-0.25, -0.2) is 4.39 Å². The quantitative estimate of drug-likeness (QED) is 0.401. The van der Waals surface area contributed by atoms with E-state index in [0.717, 1.165) is 0 Å². The summed E-state index contributed by atoms with van der Waals surface area (Å²) in [5.74, 6) is -24.0. The van der Waals surface area contributed by atoms with Crippen molar-refractivity contribution < 1.29 is 70.2 Å². The van der Waals surface area contributed by atoms with Crippen LogP contribution >= 0.6 is 0 Å². The molecule has 0 aliphatic carbocycles. The third kappa shape index (κ3) is 3.75. The zero-order valence-corrected chi connectivity index (χ0v) is 10.7. The van der Waals surface area contributed by atoms with E-state index in [1.807, 2.05) is 0 Å². The predicted molar refractivity (Wildman–Crippen MR) is 46.0 cm³/mol. The molecule has 0 nitrogen and oxygen atoms in total. The molecule has 1 atom stereocenters. The van der Waals surface area contributed by atoms with Gasteiger partial charge in [0.15, 0.2) is 0 Å². The third-order valence-electron chi connectivity index (χ3n) is 2.52. The predicted octanol–water partition coefficient (Wildman–Crippen LogP) is 5.84. The second kappa shape index (κ2) is 5.82. The molecule has 0 saturated carbocycles. The van der Waals surface area contributed by atoms with Crippen LogP contribution < -0.4 is 0 Å². The summed E-state index contributed by atoms with van der Waals surface area (Å²) in [6, 6.07) is 0. The van der Waals surface area contributed by atoms with Gasteiger partial charge in [0.2, 0.25) is 0 Å². The number of rotatable bonds is 4. The molecule has 0 aliphatic heterocycles. The summed E-state index contributed by atoms with van der Waals surface area (Å²) >= 11 is 0. The van der Waals surface area contributed by atoms with Crippen molar-refractivity contribution in [1.29, 1.82) is 0 Å². The lowest BCUT2D eigenvalue weighted by molar-refractivity contribution is -0.425. The van der Waals surface area contributed by atoms with Crippen LogP contribution in [-0.2, 0) is 0 Å². The first kappa shape index (κ1) is 23.6. The minimum atomic E-state index is -8.11. The van der Waals surface area contributed by atoms with Gasteiger partial charge in [-0.2, -0.15) is 65.9 Å². The molecule has 0 aromatic rings. The SMILES string of the molecule is FC(F)(F)C=CC(F)(C(F)(F)F)C(F)(F)C(F)(F)C(F)(F)C(F)(F)F. The largest absolute Gasteiger partial charge is 0.460 e. The van der Waals surface area contributed by atoms with Crippen LogP contribution in [0.1, 0.15) is 0 Å². The molecule has 0 saturated heterocycles.